The van der Waals surface area contributed by atoms with E-state index in [1.165, 1.54) is 18.2 Å². The number of para-hydroxylation sites is 1. The average Bonchev–Trinajstić information content (AvgIpc) is 2.45. The summed E-state index contributed by atoms with van der Waals surface area (Å²) in [5, 5.41) is 0. The number of ether oxygens (including phenoxy) is 2. The molecular formula is C15H12BrFO3. The molecule has 0 N–H and O–H groups in total. The molecular weight excluding hydrogens is 327 g/mol. The van der Waals surface area contributed by atoms with Gasteiger partial charge in [-0.1, -0.05) is 28.1 Å². The van der Waals surface area contributed by atoms with E-state index in [1.807, 2.05) is 24.3 Å². The van der Waals surface area contributed by atoms with Crippen LogP contribution in [0.4, 0.5) is 4.39 Å². The molecule has 0 bridgehead atoms. The minimum atomic E-state index is -0.558. The number of carbonyl (C=O) groups is 1. The second kappa shape index (κ2) is 7.05. The monoisotopic (exact) mass is 338 g/mol. The predicted octanol–water partition coefficient (Wildman–Crippen LogP) is 3.86. The lowest BCUT2D eigenvalue weighted by Crippen LogP contribution is -2.10. The van der Waals surface area contributed by atoms with Crippen molar-refractivity contribution in [3.63, 3.8) is 0 Å². The highest BCUT2D eigenvalue weighted by Gasteiger charge is 2.08. The molecule has 0 atom stereocenters. The Hall–Kier alpha value is -1.88. The van der Waals surface area contributed by atoms with Crippen LogP contribution in [0.25, 0.3) is 0 Å². The fourth-order valence-corrected chi connectivity index (χ4v) is 2.01. The first-order valence-electron chi connectivity index (χ1n) is 5.95. The van der Waals surface area contributed by atoms with E-state index in [0.717, 1.165) is 4.47 Å². The molecule has 20 heavy (non-hydrogen) atoms. The third-order valence-electron chi connectivity index (χ3n) is 2.52. The van der Waals surface area contributed by atoms with Crippen LogP contribution in [0.5, 0.6) is 11.5 Å². The van der Waals surface area contributed by atoms with Gasteiger partial charge in [-0.3, -0.25) is 4.79 Å². The van der Waals surface area contributed by atoms with Crippen LogP contribution >= 0.6 is 15.9 Å². The van der Waals surface area contributed by atoms with Gasteiger partial charge in [-0.25, -0.2) is 4.39 Å². The molecule has 0 amide bonds. The zero-order valence-electron chi connectivity index (χ0n) is 10.5. The van der Waals surface area contributed by atoms with Crippen molar-refractivity contribution >= 4 is 22.2 Å². The Kier molecular flexibility index (Phi) is 5.12. The van der Waals surface area contributed by atoms with E-state index >= 15 is 0 Å². The van der Waals surface area contributed by atoms with E-state index in [-0.39, 0.29) is 24.5 Å². The van der Waals surface area contributed by atoms with Crippen molar-refractivity contribution in [2.24, 2.45) is 0 Å². The van der Waals surface area contributed by atoms with Crippen molar-refractivity contribution in [2.75, 3.05) is 13.2 Å². The normalized spacial score (nSPS) is 10.1. The summed E-state index contributed by atoms with van der Waals surface area (Å²) in [5.74, 6) is 0.0875. The van der Waals surface area contributed by atoms with Crippen LogP contribution in [0, 0.1) is 5.82 Å². The zero-order valence-corrected chi connectivity index (χ0v) is 12.1. The quantitative estimate of drug-likeness (QED) is 0.592. The van der Waals surface area contributed by atoms with Gasteiger partial charge < -0.3 is 9.47 Å². The van der Waals surface area contributed by atoms with Crippen LogP contribution in [-0.2, 0) is 0 Å². The van der Waals surface area contributed by atoms with Crippen LogP contribution in [0.3, 0.4) is 0 Å². The van der Waals surface area contributed by atoms with E-state index in [1.54, 1.807) is 0 Å². The predicted molar refractivity (Wildman–Crippen MR) is 76.9 cm³/mol. The first-order chi connectivity index (χ1) is 9.70. The second-order valence-corrected chi connectivity index (χ2v) is 4.85. The maximum Gasteiger partial charge on any atom is 0.165 e. The summed E-state index contributed by atoms with van der Waals surface area (Å²) in [4.78, 5) is 10.8. The fourth-order valence-electron chi connectivity index (χ4n) is 1.63. The highest BCUT2D eigenvalue weighted by molar-refractivity contribution is 9.10. The third kappa shape index (κ3) is 3.81. The molecule has 0 spiro atoms. The van der Waals surface area contributed by atoms with Gasteiger partial charge in [0.05, 0.1) is 5.56 Å². The van der Waals surface area contributed by atoms with Crippen LogP contribution in [0.2, 0.25) is 0 Å². The summed E-state index contributed by atoms with van der Waals surface area (Å²) >= 11 is 3.34. The van der Waals surface area contributed by atoms with Crippen LogP contribution in [0.1, 0.15) is 10.4 Å². The zero-order chi connectivity index (χ0) is 14.4. The van der Waals surface area contributed by atoms with Crippen molar-refractivity contribution in [2.45, 2.75) is 0 Å². The molecule has 104 valence electrons. The Bertz CT molecular complexity index is 601. The van der Waals surface area contributed by atoms with Gasteiger partial charge in [0, 0.05) is 4.47 Å². The lowest BCUT2D eigenvalue weighted by molar-refractivity contribution is 0.111. The molecule has 0 fully saturated rings. The van der Waals surface area contributed by atoms with Gasteiger partial charge in [0.1, 0.15) is 19.0 Å². The summed E-state index contributed by atoms with van der Waals surface area (Å²) in [5.41, 5.74) is 0.187. The lowest BCUT2D eigenvalue weighted by atomic mass is 10.2. The molecule has 0 aliphatic rings. The topological polar surface area (TPSA) is 35.5 Å². The van der Waals surface area contributed by atoms with Gasteiger partial charge in [-0.2, -0.15) is 0 Å². The number of hydrogen-bond donors (Lipinski definition) is 0. The molecule has 0 saturated carbocycles. The Labute approximate surface area is 124 Å². The Morgan fingerprint density at radius 1 is 1.10 bits per heavy atom. The minimum Gasteiger partial charge on any atom is -0.490 e. The standard InChI is InChI=1S/C15H12BrFO3/c16-12-4-2-5-13(9-12)19-7-8-20-15-11(10-18)3-1-6-14(15)17/h1-6,9-10H,7-8H2. The molecule has 2 rings (SSSR count). The third-order valence-corrected chi connectivity index (χ3v) is 3.01. The average molecular weight is 339 g/mol. The summed E-state index contributed by atoms with van der Waals surface area (Å²) in [6.07, 6.45) is 0.563. The largest absolute Gasteiger partial charge is 0.490 e. The fraction of sp³-hybridized carbons (Fsp3) is 0.133. The van der Waals surface area contributed by atoms with Gasteiger partial charge in [0.25, 0.3) is 0 Å². The summed E-state index contributed by atoms with van der Waals surface area (Å²) in [7, 11) is 0. The van der Waals surface area contributed by atoms with Crippen molar-refractivity contribution in [3.05, 3.63) is 58.3 Å². The SMILES string of the molecule is O=Cc1cccc(F)c1OCCOc1cccc(Br)c1. The summed E-state index contributed by atoms with van der Waals surface area (Å²) < 4.78 is 25.1. The van der Waals surface area contributed by atoms with E-state index in [0.29, 0.717) is 12.0 Å². The maximum absolute atomic E-state index is 13.5. The van der Waals surface area contributed by atoms with Gasteiger partial charge in [0.15, 0.2) is 17.9 Å². The highest BCUT2D eigenvalue weighted by atomic mass is 79.9. The van der Waals surface area contributed by atoms with Gasteiger partial charge >= 0.3 is 0 Å². The van der Waals surface area contributed by atoms with Crippen LogP contribution in [0.15, 0.2) is 46.9 Å². The molecule has 0 aliphatic heterocycles. The second-order valence-electron chi connectivity index (χ2n) is 3.93. The Morgan fingerprint density at radius 3 is 2.60 bits per heavy atom. The molecule has 0 unspecified atom stereocenters. The smallest absolute Gasteiger partial charge is 0.165 e. The van der Waals surface area contributed by atoms with E-state index in [4.69, 9.17) is 9.47 Å². The van der Waals surface area contributed by atoms with E-state index in [9.17, 15) is 9.18 Å². The van der Waals surface area contributed by atoms with Gasteiger partial charge in [-0.05, 0) is 30.3 Å². The Balaban J connectivity index is 1.89. The number of rotatable bonds is 6. The number of aldehydes is 1. The molecule has 0 aliphatic carbocycles. The molecule has 2 aromatic carbocycles. The van der Waals surface area contributed by atoms with E-state index < -0.39 is 5.82 Å². The molecule has 0 saturated heterocycles. The summed E-state index contributed by atoms with van der Waals surface area (Å²) in [6, 6.07) is 11.6. The molecule has 0 heterocycles. The number of carbonyl (C=O) groups excluding carboxylic acids is 1. The van der Waals surface area contributed by atoms with Crippen molar-refractivity contribution in [1.29, 1.82) is 0 Å². The van der Waals surface area contributed by atoms with Crippen molar-refractivity contribution in [3.8, 4) is 11.5 Å². The molecule has 2 aromatic rings. The Morgan fingerprint density at radius 2 is 1.85 bits per heavy atom. The molecule has 3 nitrogen and oxygen atoms in total. The number of benzene rings is 2. The van der Waals surface area contributed by atoms with Crippen LogP contribution < -0.4 is 9.47 Å². The van der Waals surface area contributed by atoms with Crippen molar-refractivity contribution in [1.82, 2.24) is 0 Å². The first-order valence-corrected chi connectivity index (χ1v) is 6.75. The number of halogens is 2. The molecule has 0 radical (unpaired) electrons. The lowest BCUT2D eigenvalue weighted by Gasteiger charge is -2.10. The van der Waals surface area contributed by atoms with Crippen molar-refractivity contribution < 1.29 is 18.7 Å². The van der Waals surface area contributed by atoms with E-state index in [2.05, 4.69) is 15.9 Å². The highest BCUT2D eigenvalue weighted by Crippen LogP contribution is 2.21. The minimum absolute atomic E-state index is 0.0413. The van der Waals surface area contributed by atoms with Gasteiger partial charge in [0.2, 0.25) is 0 Å². The number of hydrogen-bond acceptors (Lipinski definition) is 3. The van der Waals surface area contributed by atoms with Crippen LogP contribution in [-0.4, -0.2) is 19.5 Å². The molecule has 0 aromatic heterocycles. The maximum atomic E-state index is 13.5. The van der Waals surface area contributed by atoms with Gasteiger partial charge in [-0.15, -0.1) is 0 Å². The first kappa shape index (κ1) is 14.5. The molecule has 5 heteroatoms. The summed E-state index contributed by atoms with van der Waals surface area (Å²) in [6.45, 7) is 0.400.